The third-order valence-corrected chi connectivity index (χ3v) is 5.10. The number of rotatable bonds is 5. The summed E-state index contributed by atoms with van der Waals surface area (Å²) >= 11 is 6.18. The summed E-state index contributed by atoms with van der Waals surface area (Å²) in [7, 11) is 0. The van der Waals surface area contributed by atoms with E-state index in [1.165, 1.54) is 6.20 Å². The third-order valence-electron chi connectivity index (χ3n) is 4.73. The summed E-state index contributed by atoms with van der Waals surface area (Å²) in [6, 6.07) is 15.1. The molecule has 1 aliphatic rings. The molecule has 28 heavy (non-hydrogen) atoms. The predicted octanol–water partition coefficient (Wildman–Crippen LogP) is 3.79. The fourth-order valence-corrected chi connectivity index (χ4v) is 3.46. The highest BCUT2D eigenvalue weighted by Crippen LogP contribution is 2.26. The number of benzene rings is 2. The van der Waals surface area contributed by atoms with Gasteiger partial charge in [-0.2, -0.15) is 5.10 Å². The van der Waals surface area contributed by atoms with Crippen molar-refractivity contribution in [2.24, 2.45) is 0 Å². The Hall–Kier alpha value is -3.12. The fraction of sp³-hybridized carbons (Fsp3) is 0.190. The second-order valence-electron chi connectivity index (χ2n) is 6.76. The van der Waals surface area contributed by atoms with E-state index in [0.29, 0.717) is 29.2 Å². The molecule has 2 N–H and O–H groups in total. The Labute approximate surface area is 167 Å². The molecule has 142 valence electrons. The Balaban J connectivity index is 1.44. The molecule has 2 heterocycles. The van der Waals surface area contributed by atoms with Crippen LogP contribution in [0.4, 0.5) is 5.69 Å². The molecule has 4 rings (SSSR count). The van der Waals surface area contributed by atoms with Crippen molar-refractivity contribution in [3.05, 3.63) is 82.6 Å². The zero-order valence-electron chi connectivity index (χ0n) is 15.1. The third kappa shape index (κ3) is 4.07. The average molecular weight is 395 g/mol. The molecule has 2 aromatic carbocycles. The molecular formula is C21H19ClN4O2. The smallest absolute Gasteiger partial charge is 0.258 e. The highest BCUT2D eigenvalue weighted by Gasteiger charge is 2.22. The lowest BCUT2D eigenvalue weighted by Crippen LogP contribution is -2.18. The lowest BCUT2D eigenvalue weighted by molar-refractivity contribution is -0.119. The van der Waals surface area contributed by atoms with Crippen molar-refractivity contribution in [3.8, 4) is 0 Å². The normalized spacial score (nSPS) is 16.0. The van der Waals surface area contributed by atoms with Crippen LogP contribution in [0.3, 0.4) is 0 Å². The predicted molar refractivity (Wildman–Crippen MR) is 107 cm³/mol. The summed E-state index contributed by atoms with van der Waals surface area (Å²) in [5.74, 6) is -0.177. The molecule has 0 saturated carbocycles. The van der Waals surface area contributed by atoms with E-state index >= 15 is 0 Å². The van der Waals surface area contributed by atoms with Crippen LogP contribution in [0.25, 0.3) is 0 Å². The van der Waals surface area contributed by atoms with Crippen molar-refractivity contribution >= 4 is 29.1 Å². The summed E-state index contributed by atoms with van der Waals surface area (Å²) in [6.07, 6.45) is 4.53. The number of anilines is 1. The Morgan fingerprint density at radius 1 is 1.25 bits per heavy atom. The van der Waals surface area contributed by atoms with Gasteiger partial charge < -0.3 is 10.6 Å². The number of halogens is 1. The van der Waals surface area contributed by atoms with Crippen LogP contribution in [0.1, 0.15) is 40.4 Å². The van der Waals surface area contributed by atoms with E-state index in [-0.39, 0.29) is 17.9 Å². The first-order valence-corrected chi connectivity index (χ1v) is 9.43. The molecule has 3 aromatic rings. The molecule has 1 saturated heterocycles. The van der Waals surface area contributed by atoms with Crippen molar-refractivity contribution in [2.45, 2.75) is 25.4 Å². The lowest BCUT2D eigenvalue weighted by atomic mass is 10.0. The van der Waals surface area contributed by atoms with E-state index in [1.54, 1.807) is 10.9 Å². The number of hydrogen-bond acceptors (Lipinski definition) is 3. The van der Waals surface area contributed by atoms with Crippen molar-refractivity contribution < 1.29 is 9.59 Å². The van der Waals surface area contributed by atoms with Gasteiger partial charge >= 0.3 is 0 Å². The first-order valence-electron chi connectivity index (χ1n) is 9.05. The molecule has 1 aliphatic heterocycles. The van der Waals surface area contributed by atoms with Gasteiger partial charge in [-0.25, -0.2) is 0 Å². The van der Waals surface area contributed by atoms with E-state index in [4.69, 9.17) is 11.6 Å². The highest BCUT2D eigenvalue weighted by molar-refractivity contribution is 6.31. The maximum absolute atomic E-state index is 12.6. The number of aromatic nitrogens is 2. The quantitative estimate of drug-likeness (QED) is 0.691. The molecule has 7 heteroatoms. The number of nitrogens with zero attached hydrogens (tertiary/aromatic N) is 2. The van der Waals surface area contributed by atoms with Crippen LogP contribution in [-0.2, 0) is 11.3 Å². The molecule has 0 aliphatic carbocycles. The topological polar surface area (TPSA) is 76.0 Å². The highest BCUT2D eigenvalue weighted by atomic mass is 35.5. The summed E-state index contributed by atoms with van der Waals surface area (Å²) in [4.78, 5) is 24.0. The van der Waals surface area contributed by atoms with Crippen molar-refractivity contribution in [1.29, 1.82) is 0 Å². The molecule has 1 fully saturated rings. The van der Waals surface area contributed by atoms with E-state index in [2.05, 4.69) is 15.7 Å². The molecule has 1 unspecified atom stereocenters. The lowest BCUT2D eigenvalue weighted by Gasteiger charge is -2.12. The zero-order valence-corrected chi connectivity index (χ0v) is 15.8. The monoisotopic (exact) mass is 394 g/mol. The maximum atomic E-state index is 12.6. The van der Waals surface area contributed by atoms with Gasteiger partial charge in [0.25, 0.3) is 5.91 Å². The minimum Gasteiger partial charge on any atom is -0.349 e. The second-order valence-corrected chi connectivity index (χ2v) is 7.16. The van der Waals surface area contributed by atoms with Crippen molar-refractivity contribution in [2.75, 3.05) is 5.32 Å². The SMILES string of the molecule is O=C1CCC(c2cccc(NC(=O)c3cnn(Cc4ccccc4Cl)c3)c2)N1. The number of carbonyl (C=O) groups excluding carboxylic acids is 2. The van der Waals surface area contributed by atoms with Gasteiger partial charge in [-0.15, -0.1) is 0 Å². The molecule has 0 radical (unpaired) electrons. The first-order chi connectivity index (χ1) is 13.6. The van der Waals surface area contributed by atoms with Gasteiger partial charge in [0.15, 0.2) is 0 Å². The number of nitrogens with one attached hydrogen (secondary N) is 2. The first kappa shape index (κ1) is 18.3. The molecule has 6 nitrogen and oxygen atoms in total. The van der Waals surface area contributed by atoms with Gasteiger partial charge in [0.1, 0.15) is 0 Å². The van der Waals surface area contributed by atoms with Crippen LogP contribution in [0, 0.1) is 0 Å². The molecular weight excluding hydrogens is 376 g/mol. The van der Waals surface area contributed by atoms with Crippen LogP contribution < -0.4 is 10.6 Å². The van der Waals surface area contributed by atoms with Gasteiger partial charge in [0.05, 0.1) is 24.3 Å². The van der Waals surface area contributed by atoms with Gasteiger partial charge in [-0.1, -0.05) is 41.9 Å². The number of hydrogen-bond donors (Lipinski definition) is 2. The Bertz CT molecular complexity index is 1030. The largest absolute Gasteiger partial charge is 0.349 e. The summed E-state index contributed by atoms with van der Waals surface area (Å²) < 4.78 is 1.68. The Morgan fingerprint density at radius 2 is 2.11 bits per heavy atom. The minimum atomic E-state index is -0.238. The Morgan fingerprint density at radius 3 is 2.89 bits per heavy atom. The van der Waals surface area contributed by atoms with Gasteiger partial charge in [-0.3, -0.25) is 14.3 Å². The fourth-order valence-electron chi connectivity index (χ4n) is 3.27. The summed E-state index contributed by atoms with van der Waals surface area (Å²) in [5, 5.41) is 10.7. The molecule has 0 spiro atoms. The standard InChI is InChI=1S/C21H19ClN4O2/c22-18-7-2-1-4-15(18)12-26-13-16(11-23-26)21(28)24-17-6-3-5-14(10-17)19-8-9-20(27)25-19/h1-7,10-11,13,19H,8-9,12H2,(H,24,28)(H,25,27). The van der Waals surface area contributed by atoms with Crippen LogP contribution in [0.5, 0.6) is 0 Å². The molecule has 1 aromatic heterocycles. The maximum Gasteiger partial charge on any atom is 0.258 e. The summed E-state index contributed by atoms with van der Waals surface area (Å²) in [5.41, 5.74) is 3.07. The van der Waals surface area contributed by atoms with Crippen molar-refractivity contribution in [1.82, 2.24) is 15.1 Å². The number of amides is 2. The van der Waals surface area contributed by atoms with E-state index < -0.39 is 0 Å². The Kier molecular flexibility index (Phi) is 5.12. The molecule has 2 amide bonds. The van der Waals surface area contributed by atoms with E-state index in [9.17, 15) is 9.59 Å². The van der Waals surface area contributed by atoms with Gasteiger partial charge in [0.2, 0.25) is 5.91 Å². The zero-order chi connectivity index (χ0) is 19.5. The van der Waals surface area contributed by atoms with Crippen molar-refractivity contribution in [3.63, 3.8) is 0 Å². The second kappa shape index (κ2) is 7.86. The van der Waals surface area contributed by atoms with E-state index in [0.717, 1.165) is 17.5 Å². The van der Waals surface area contributed by atoms with E-state index in [1.807, 2.05) is 48.5 Å². The van der Waals surface area contributed by atoms with Crippen LogP contribution in [0.15, 0.2) is 60.9 Å². The van der Waals surface area contributed by atoms with Gasteiger partial charge in [0, 0.05) is 23.3 Å². The van der Waals surface area contributed by atoms with Gasteiger partial charge in [-0.05, 0) is 35.7 Å². The summed E-state index contributed by atoms with van der Waals surface area (Å²) in [6.45, 7) is 0.490. The number of carbonyl (C=O) groups is 2. The average Bonchev–Trinajstić information content (AvgIpc) is 3.33. The van der Waals surface area contributed by atoms with Crippen LogP contribution >= 0.6 is 11.6 Å². The molecule has 1 atom stereocenters. The molecule has 0 bridgehead atoms. The van der Waals surface area contributed by atoms with Crippen LogP contribution in [0.2, 0.25) is 5.02 Å². The van der Waals surface area contributed by atoms with Crippen LogP contribution in [-0.4, -0.2) is 21.6 Å². The minimum absolute atomic E-state index is 0.00252.